The molecule has 0 radical (unpaired) electrons. The normalized spacial score (nSPS) is 23.6. The fourth-order valence-electron chi connectivity index (χ4n) is 2.48. The lowest BCUT2D eigenvalue weighted by Crippen LogP contribution is -2.42. The Bertz CT molecular complexity index is 624. The molecule has 1 saturated heterocycles. The van der Waals surface area contributed by atoms with Crippen molar-refractivity contribution in [2.24, 2.45) is 5.41 Å². The predicted octanol–water partition coefficient (Wildman–Crippen LogP) is 0.219. The average molecular weight is 262 g/mol. The molecule has 0 spiro atoms. The first-order chi connectivity index (χ1) is 9.16. The molecule has 0 aromatic carbocycles. The number of nitrogens with one attached hydrogen (secondary N) is 3. The van der Waals surface area contributed by atoms with Crippen molar-refractivity contribution in [2.45, 2.75) is 19.8 Å². The standard InChI is InChI=1S/C12H18N6O/c1-12(3-2-4-13-6-12)7-14-9-5-10-16-17-11(19)18(10)8-15-9/h5,8,13-14H,2-4,6-7H2,1H3,(H,17,19). The van der Waals surface area contributed by atoms with Gasteiger partial charge in [0.25, 0.3) is 0 Å². The van der Waals surface area contributed by atoms with Crippen molar-refractivity contribution < 1.29 is 0 Å². The third-order valence-electron chi connectivity index (χ3n) is 3.69. The van der Waals surface area contributed by atoms with Crippen LogP contribution in [0.25, 0.3) is 5.65 Å². The molecule has 1 unspecified atom stereocenters. The van der Waals surface area contributed by atoms with E-state index in [1.54, 1.807) is 6.07 Å². The number of hydrogen-bond acceptors (Lipinski definition) is 5. The smallest absolute Gasteiger partial charge is 0.348 e. The van der Waals surface area contributed by atoms with Crippen LogP contribution in [-0.2, 0) is 0 Å². The monoisotopic (exact) mass is 262 g/mol. The zero-order valence-corrected chi connectivity index (χ0v) is 10.9. The summed E-state index contributed by atoms with van der Waals surface area (Å²) in [6.07, 6.45) is 3.90. The maximum Gasteiger partial charge on any atom is 0.348 e. The Labute approximate surface area is 110 Å². The average Bonchev–Trinajstić information content (AvgIpc) is 2.79. The SMILES string of the molecule is CC1(CNc2cc3n[nH]c(=O)n3cn2)CCCNC1. The lowest BCUT2D eigenvalue weighted by atomic mass is 9.83. The minimum Gasteiger partial charge on any atom is -0.369 e. The number of H-pyrrole nitrogens is 1. The molecule has 2 aromatic rings. The van der Waals surface area contributed by atoms with Crippen molar-refractivity contribution >= 4 is 11.5 Å². The van der Waals surface area contributed by atoms with Gasteiger partial charge in [-0.25, -0.2) is 19.3 Å². The van der Waals surface area contributed by atoms with Gasteiger partial charge >= 0.3 is 5.69 Å². The molecule has 0 amide bonds. The van der Waals surface area contributed by atoms with Gasteiger partial charge in [-0.3, -0.25) is 0 Å². The lowest BCUT2D eigenvalue weighted by molar-refractivity contribution is 0.253. The molecule has 1 aliphatic rings. The number of aromatic nitrogens is 4. The molecule has 2 aromatic heterocycles. The molecule has 3 heterocycles. The van der Waals surface area contributed by atoms with Gasteiger partial charge in [-0.2, -0.15) is 5.10 Å². The molecule has 0 bridgehead atoms. The molecule has 7 heteroatoms. The van der Waals surface area contributed by atoms with E-state index in [-0.39, 0.29) is 11.1 Å². The van der Waals surface area contributed by atoms with Crippen LogP contribution in [-0.4, -0.2) is 39.2 Å². The topological polar surface area (TPSA) is 87.1 Å². The highest BCUT2D eigenvalue weighted by molar-refractivity contribution is 5.48. The van der Waals surface area contributed by atoms with E-state index in [2.05, 4.69) is 32.7 Å². The van der Waals surface area contributed by atoms with Crippen LogP contribution in [0, 0.1) is 5.41 Å². The summed E-state index contributed by atoms with van der Waals surface area (Å²) in [6, 6.07) is 1.78. The Balaban J connectivity index is 1.72. The van der Waals surface area contributed by atoms with Crippen molar-refractivity contribution in [2.75, 3.05) is 25.0 Å². The minimum atomic E-state index is -0.266. The van der Waals surface area contributed by atoms with Crippen LogP contribution in [0.1, 0.15) is 19.8 Å². The molecule has 102 valence electrons. The van der Waals surface area contributed by atoms with Crippen molar-refractivity contribution in [1.29, 1.82) is 0 Å². The molecule has 0 aliphatic carbocycles. The summed E-state index contributed by atoms with van der Waals surface area (Å²) < 4.78 is 1.38. The zero-order valence-electron chi connectivity index (χ0n) is 10.9. The first kappa shape index (κ1) is 12.2. The van der Waals surface area contributed by atoms with Crippen molar-refractivity contribution in [3.05, 3.63) is 22.9 Å². The van der Waals surface area contributed by atoms with E-state index in [0.717, 1.165) is 25.5 Å². The number of piperidine rings is 1. The summed E-state index contributed by atoms with van der Waals surface area (Å²) in [5, 5.41) is 13.1. The summed E-state index contributed by atoms with van der Waals surface area (Å²) in [7, 11) is 0. The van der Waals surface area contributed by atoms with Gasteiger partial charge < -0.3 is 10.6 Å². The maximum atomic E-state index is 11.3. The molecule has 1 atom stereocenters. The number of fused-ring (bicyclic) bond motifs is 1. The largest absolute Gasteiger partial charge is 0.369 e. The molecule has 1 aliphatic heterocycles. The number of aromatic amines is 1. The Kier molecular flexibility index (Phi) is 2.98. The summed E-state index contributed by atoms with van der Waals surface area (Å²) >= 11 is 0. The molecule has 7 nitrogen and oxygen atoms in total. The van der Waals surface area contributed by atoms with E-state index in [1.165, 1.54) is 23.6 Å². The minimum absolute atomic E-state index is 0.247. The Morgan fingerprint density at radius 1 is 1.58 bits per heavy atom. The van der Waals surface area contributed by atoms with E-state index >= 15 is 0 Å². The highest BCUT2D eigenvalue weighted by Gasteiger charge is 2.26. The number of rotatable bonds is 3. The van der Waals surface area contributed by atoms with Crippen LogP contribution in [0.5, 0.6) is 0 Å². The molecule has 0 saturated carbocycles. The molecular formula is C12H18N6O. The molecular weight excluding hydrogens is 244 g/mol. The van der Waals surface area contributed by atoms with Gasteiger partial charge in [0.05, 0.1) is 0 Å². The first-order valence-corrected chi connectivity index (χ1v) is 6.54. The van der Waals surface area contributed by atoms with Gasteiger partial charge in [0.2, 0.25) is 0 Å². The highest BCUT2D eigenvalue weighted by atomic mass is 16.1. The lowest BCUT2D eigenvalue weighted by Gasteiger charge is -2.34. The second-order valence-electron chi connectivity index (χ2n) is 5.48. The Morgan fingerprint density at radius 3 is 3.26 bits per heavy atom. The Hall–Kier alpha value is -1.89. The number of anilines is 1. The molecule has 1 fully saturated rings. The van der Waals surface area contributed by atoms with E-state index in [0.29, 0.717) is 5.65 Å². The molecule has 19 heavy (non-hydrogen) atoms. The first-order valence-electron chi connectivity index (χ1n) is 6.54. The molecule has 3 N–H and O–H groups in total. The van der Waals surface area contributed by atoms with Gasteiger partial charge in [-0.05, 0) is 24.8 Å². The van der Waals surface area contributed by atoms with Gasteiger partial charge in [-0.1, -0.05) is 6.92 Å². The van der Waals surface area contributed by atoms with Crippen LogP contribution >= 0.6 is 0 Å². The second kappa shape index (κ2) is 4.65. The van der Waals surface area contributed by atoms with E-state index < -0.39 is 0 Å². The van der Waals surface area contributed by atoms with Crippen LogP contribution < -0.4 is 16.3 Å². The number of nitrogens with zero attached hydrogens (tertiary/aromatic N) is 3. The highest BCUT2D eigenvalue weighted by Crippen LogP contribution is 2.25. The van der Waals surface area contributed by atoms with Crippen LogP contribution in [0.15, 0.2) is 17.2 Å². The summed E-state index contributed by atoms with van der Waals surface area (Å²) in [5.41, 5.74) is 0.559. The fourth-order valence-corrected chi connectivity index (χ4v) is 2.48. The quantitative estimate of drug-likeness (QED) is 0.736. The van der Waals surface area contributed by atoms with Crippen molar-refractivity contribution in [3.63, 3.8) is 0 Å². The maximum absolute atomic E-state index is 11.3. The van der Waals surface area contributed by atoms with Crippen molar-refractivity contribution in [1.82, 2.24) is 24.9 Å². The molecule has 3 rings (SSSR count). The van der Waals surface area contributed by atoms with Gasteiger partial charge in [-0.15, -0.1) is 0 Å². The van der Waals surface area contributed by atoms with Gasteiger partial charge in [0.15, 0.2) is 5.65 Å². The van der Waals surface area contributed by atoms with Crippen LogP contribution in [0.3, 0.4) is 0 Å². The van der Waals surface area contributed by atoms with Crippen LogP contribution in [0.4, 0.5) is 5.82 Å². The van der Waals surface area contributed by atoms with Gasteiger partial charge in [0.1, 0.15) is 12.1 Å². The van der Waals surface area contributed by atoms with E-state index in [4.69, 9.17) is 0 Å². The third kappa shape index (κ3) is 2.46. The van der Waals surface area contributed by atoms with Gasteiger partial charge in [0, 0.05) is 19.2 Å². The summed E-state index contributed by atoms with van der Waals surface area (Å²) in [5.74, 6) is 0.748. The predicted molar refractivity (Wildman–Crippen MR) is 72.3 cm³/mol. The Morgan fingerprint density at radius 2 is 2.47 bits per heavy atom. The number of hydrogen-bond donors (Lipinski definition) is 3. The second-order valence-corrected chi connectivity index (χ2v) is 5.48. The third-order valence-corrected chi connectivity index (χ3v) is 3.69. The van der Waals surface area contributed by atoms with Crippen molar-refractivity contribution in [3.8, 4) is 0 Å². The summed E-state index contributed by atoms with van der Waals surface area (Å²) in [4.78, 5) is 15.5. The summed E-state index contributed by atoms with van der Waals surface area (Å²) in [6.45, 7) is 5.25. The van der Waals surface area contributed by atoms with Crippen LogP contribution in [0.2, 0.25) is 0 Å². The van der Waals surface area contributed by atoms with E-state index in [9.17, 15) is 4.79 Å². The van der Waals surface area contributed by atoms with E-state index in [1.807, 2.05) is 0 Å². The zero-order chi connectivity index (χ0) is 13.3. The fraction of sp³-hybridized carbons (Fsp3) is 0.583.